The Labute approximate surface area is 127 Å². The van der Waals surface area contributed by atoms with E-state index in [0.717, 1.165) is 11.1 Å². The van der Waals surface area contributed by atoms with E-state index in [0.29, 0.717) is 21.8 Å². The number of rotatable bonds is 4. The second kappa shape index (κ2) is 6.26. The number of hydrazine groups is 1. The summed E-state index contributed by atoms with van der Waals surface area (Å²) in [6.07, 6.45) is 1.70. The molecule has 2 rings (SSSR count). The fourth-order valence-electron chi connectivity index (χ4n) is 1.79. The summed E-state index contributed by atoms with van der Waals surface area (Å²) in [7, 11) is 0. The molecule has 0 spiro atoms. The second-order valence-electron chi connectivity index (χ2n) is 4.40. The summed E-state index contributed by atoms with van der Waals surface area (Å²) < 4.78 is 0. The molecule has 2 aromatic rings. The lowest BCUT2D eigenvalue weighted by Gasteiger charge is -2.18. The van der Waals surface area contributed by atoms with Crippen molar-refractivity contribution >= 4 is 35.0 Å². The van der Waals surface area contributed by atoms with Gasteiger partial charge in [-0.1, -0.05) is 29.3 Å². The highest BCUT2D eigenvalue weighted by molar-refractivity contribution is 6.35. The summed E-state index contributed by atoms with van der Waals surface area (Å²) in [5, 5.41) is 4.51. The second-order valence-corrected chi connectivity index (χ2v) is 5.25. The van der Waals surface area contributed by atoms with E-state index in [4.69, 9.17) is 29.0 Å². The Morgan fingerprint density at radius 2 is 2.05 bits per heavy atom. The van der Waals surface area contributed by atoms with Crippen molar-refractivity contribution in [1.29, 1.82) is 0 Å². The van der Waals surface area contributed by atoms with Gasteiger partial charge in [0, 0.05) is 21.8 Å². The smallest absolute Gasteiger partial charge is 0.239 e. The lowest BCUT2D eigenvalue weighted by atomic mass is 10.1. The molecule has 5 nitrogen and oxygen atoms in total. The topological polar surface area (TPSA) is 75.9 Å². The number of nitrogen functional groups attached to an aromatic ring is 1. The Kier molecular flexibility index (Phi) is 4.65. The highest BCUT2D eigenvalue weighted by Crippen LogP contribution is 2.28. The Morgan fingerprint density at radius 3 is 2.70 bits per heavy atom. The summed E-state index contributed by atoms with van der Waals surface area (Å²) in [5.41, 5.74) is 4.28. The van der Waals surface area contributed by atoms with Crippen molar-refractivity contribution in [3.05, 3.63) is 45.6 Å². The predicted octanol–water partition coefficient (Wildman–Crippen LogP) is 3.55. The quantitative estimate of drug-likeness (QED) is 0.594. The van der Waals surface area contributed by atoms with Gasteiger partial charge in [0.1, 0.15) is 5.82 Å². The molecule has 0 aliphatic carbocycles. The van der Waals surface area contributed by atoms with Gasteiger partial charge in [0.15, 0.2) is 0 Å². The van der Waals surface area contributed by atoms with Gasteiger partial charge in [0.05, 0.1) is 6.04 Å². The predicted molar refractivity (Wildman–Crippen MR) is 83.1 cm³/mol. The summed E-state index contributed by atoms with van der Waals surface area (Å²) in [6.45, 7) is 3.91. The van der Waals surface area contributed by atoms with Crippen LogP contribution >= 0.6 is 23.2 Å². The molecule has 106 valence electrons. The van der Waals surface area contributed by atoms with E-state index in [9.17, 15) is 0 Å². The Morgan fingerprint density at radius 1 is 1.30 bits per heavy atom. The fourth-order valence-corrected chi connectivity index (χ4v) is 2.37. The largest absolute Gasteiger partial charge is 0.363 e. The van der Waals surface area contributed by atoms with Crippen molar-refractivity contribution in [3.63, 3.8) is 0 Å². The molecule has 1 aromatic heterocycles. The van der Waals surface area contributed by atoms with E-state index >= 15 is 0 Å². The molecule has 0 saturated carbocycles. The first-order valence-corrected chi connectivity index (χ1v) is 6.78. The standard InChI is InChI=1S/C13H15Cl2N5/c1-7-6-17-13(20-16)19-12(7)18-8(2)10-4-3-9(14)5-11(10)15/h3-6,8H,16H2,1-2H3,(H2,17,18,19,20). The van der Waals surface area contributed by atoms with Crippen LogP contribution in [0.15, 0.2) is 24.4 Å². The molecule has 1 heterocycles. The molecule has 0 saturated heterocycles. The lowest BCUT2D eigenvalue weighted by Crippen LogP contribution is -2.14. The summed E-state index contributed by atoms with van der Waals surface area (Å²) >= 11 is 12.1. The zero-order valence-electron chi connectivity index (χ0n) is 11.1. The number of nitrogens with zero attached hydrogens (tertiary/aromatic N) is 2. The van der Waals surface area contributed by atoms with Gasteiger partial charge >= 0.3 is 0 Å². The molecule has 0 radical (unpaired) electrons. The van der Waals surface area contributed by atoms with Gasteiger partial charge in [-0.25, -0.2) is 10.8 Å². The summed E-state index contributed by atoms with van der Waals surface area (Å²) in [5.74, 6) is 6.37. The highest BCUT2D eigenvalue weighted by atomic mass is 35.5. The number of anilines is 2. The SMILES string of the molecule is Cc1cnc(NN)nc1NC(C)c1ccc(Cl)cc1Cl. The van der Waals surface area contributed by atoms with Crippen LogP contribution in [0.25, 0.3) is 0 Å². The van der Waals surface area contributed by atoms with Crippen molar-refractivity contribution in [1.82, 2.24) is 9.97 Å². The third kappa shape index (κ3) is 3.30. The molecule has 0 amide bonds. The van der Waals surface area contributed by atoms with E-state index in [-0.39, 0.29) is 6.04 Å². The number of aryl methyl sites for hydroxylation is 1. The molecule has 4 N–H and O–H groups in total. The molecule has 0 bridgehead atoms. The molecular weight excluding hydrogens is 297 g/mol. The third-order valence-corrected chi connectivity index (χ3v) is 3.45. The van der Waals surface area contributed by atoms with Crippen LogP contribution in [0.4, 0.5) is 11.8 Å². The van der Waals surface area contributed by atoms with Crippen LogP contribution in [-0.4, -0.2) is 9.97 Å². The van der Waals surface area contributed by atoms with Crippen LogP contribution in [-0.2, 0) is 0 Å². The third-order valence-electron chi connectivity index (χ3n) is 2.88. The number of aromatic nitrogens is 2. The molecular formula is C13H15Cl2N5. The van der Waals surface area contributed by atoms with Crippen molar-refractivity contribution in [2.75, 3.05) is 10.7 Å². The maximum atomic E-state index is 6.20. The Balaban J connectivity index is 2.25. The first-order chi connectivity index (χ1) is 9.51. The summed E-state index contributed by atoms with van der Waals surface area (Å²) in [4.78, 5) is 8.31. The minimum atomic E-state index is -0.0287. The first kappa shape index (κ1) is 14.8. The fraction of sp³-hybridized carbons (Fsp3) is 0.231. The molecule has 7 heteroatoms. The van der Waals surface area contributed by atoms with E-state index in [2.05, 4.69) is 20.7 Å². The van der Waals surface area contributed by atoms with Gasteiger partial charge in [-0.15, -0.1) is 0 Å². The highest BCUT2D eigenvalue weighted by Gasteiger charge is 2.12. The summed E-state index contributed by atoms with van der Waals surface area (Å²) in [6, 6.07) is 5.39. The number of benzene rings is 1. The monoisotopic (exact) mass is 311 g/mol. The number of nitrogens with one attached hydrogen (secondary N) is 2. The van der Waals surface area contributed by atoms with E-state index in [1.54, 1.807) is 18.3 Å². The van der Waals surface area contributed by atoms with Crippen molar-refractivity contribution in [2.45, 2.75) is 19.9 Å². The number of hydrogen-bond acceptors (Lipinski definition) is 5. The number of hydrogen-bond donors (Lipinski definition) is 3. The van der Waals surface area contributed by atoms with Gasteiger partial charge in [-0.2, -0.15) is 4.98 Å². The van der Waals surface area contributed by atoms with Crippen LogP contribution < -0.4 is 16.6 Å². The van der Waals surface area contributed by atoms with Crippen LogP contribution in [0, 0.1) is 6.92 Å². The lowest BCUT2D eigenvalue weighted by molar-refractivity contribution is 0.868. The normalized spacial score (nSPS) is 12.1. The van der Waals surface area contributed by atoms with E-state index in [1.807, 2.05) is 19.9 Å². The molecule has 1 aromatic carbocycles. The maximum Gasteiger partial charge on any atom is 0.239 e. The van der Waals surface area contributed by atoms with Crippen LogP contribution in [0.1, 0.15) is 24.1 Å². The van der Waals surface area contributed by atoms with Gasteiger partial charge in [-0.3, -0.25) is 5.43 Å². The minimum absolute atomic E-state index is 0.0287. The molecule has 0 fully saturated rings. The maximum absolute atomic E-state index is 6.20. The Bertz CT molecular complexity index is 618. The zero-order chi connectivity index (χ0) is 14.7. The Hall–Kier alpha value is -1.56. The van der Waals surface area contributed by atoms with Crippen LogP contribution in [0.5, 0.6) is 0 Å². The van der Waals surface area contributed by atoms with Gasteiger partial charge in [-0.05, 0) is 31.5 Å². The van der Waals surface area contributed by atoms with Crippen molar-refractivity contribution < 1.29 is 0 Å². The van der Waals surface area contributed by atoms with Crippen molar-refractivity contribution in [2.24, 2.45) is 5.84 Å². The van der Waals surface area contributed by atoms with Gasteiger partial charge in [0.2, 0.25) is 5.95 Å². The minimum Gasteiger partial charge on any atom is -0.363 e. The number of halogens is 2. The molecule has 0 aliphatic rings. The molecule has 1 atom stereocenters. The molecule has 1 unspecified atom stereocenters. The van der Waals surface area contributed by atoms with Crippen molar-refractivity contribution in [3.8, 4) is 0 Å². The first-order valence-electron chi connectivity index (χ1n) is 6.03. The molecule has 0 aliphatic heterocycles. The number of nitrogens with two attached hydrogens (primary N) is 1. The zero-order valence-corrected chi connectivity index (χ0v) is 12.6. The van der Waals surface area contributed by atoms with Gasteiger partial charge < -0.3 is 5.32 Å². The van der Waals surface area contributed by atoms with E-state index in [1.165, 1.54) is 0 Å². The average Bonchev–Trinajstić information content (AvgIpc) is 2.41. The molecule has 20 heavy (non-hydrogen) atoms. The average molecular weight is 312 g/mol. The van der Waals surface area contributed by atoms with Crippen LogP contribution in [0.2, 0.25) is 10.0 Å². The van der Waals surface area contributed by atoms with Crippen LogP contribution in [0.3, 0.4) is 0 Å². The van der Waals surface area contributed by atoms with E-state index < -0.39 is 0 Å². The van der Waals surface area contributed by atoms with Gasteiger partial charge in [0.25, 0.3) is 0 Å².